The lowest BCUT2D eigenvalue weighted by atomic mass is 10.0. The predicted molar refractivity (Wildman–Crippen MR) is 97.4 cm³/mol. The number of terminal acetylenes is 1. The molecule has 144 valence electrons. The number of benzene rings is 1. The zero-order chi connectivity index (χ0) is 19.6. The molecule has 3 fully saturated rings. The number of rotatable bonds is 2. The molecule has 1 aromatic rings. The number of hydrogen-bond acceptors (Lipinski definition) is 4. The Labute approximate surface area is 161 Å². The number of nitrogens with zero attached hydrogens (tertiary/aromatic N) is 3. The molecular formula is C20H18FN3O4. The van der Waals surface area contributed by atoms with Gasteiger partial charge in [-0.15, -0.1) is 6.42 Å². The first-order chi connectivity index (χ1) is 13.5. The molecule has 1 aromatic carbocycles. The highest BCUT2D eigenvalue weighted by molar-refractivity contribution is 6.22. The molecule has 3 aliphatic heterocycles. The van der Waals surface area contributed by atoms with Crippen LogP contribution in [0.15, 0.2) is 12.1 Å². The number of imide groups is 1. The van der Waals surface area contributed by atoms with E-state index in [-0.39, 0.29) is 29.6 Å². The first-order valence-corrected chi connectivity index (χ1v) is 9.39. The van der Waals surface area contributed by atoms with Crippen LogP contribution in [0.1, 0.15) is 32.1 Å². The first kappa shape index (κ1) is 17.0. The average molecular weight is 383 g/mol. The summed E-state index contributed by atoms with van der Waals surface area (Å²) in [6, 6.07) is 1.38. The largest absolute Gasteiger partial charge is 0.475 e. The van der Waals surface area contributed by atoms with Crippen LogP contribution < -0.4 is 14.5 Å². The maximum absolute atomic E-state index is 14.9. The summed E-state index contributed by atoms with van der Waals surface area (Å²) in [4.78, 5) is 42.1. The number of halogens is 1. The van der Waals surface area contributed by atoms with E-state index in [1.165, 1.54) is 15.9 Å². The number of hydrogen-bond donors (Lipinski definition) is 0. The van der Waals surface area contributed by atoms with Crippen LogP contribution in [0.2, 0.25) is 0 Å². The fourth-order valence-corrected chi connectivity index (χ4v) is 4.29. The summed E-state index contributed by atoms with van der Waals surface area (Å²) in [5, 5.41) is 0. The fraction of sp³-hybridized carbons (Fsp3) is 0.450. The number of fused-ring (bicyclic) bond motifs is 2. The minimum atomic E-state index is -0.961. The Morgan fingerprint density at radius 3 is 2.68 bits per heavy atom. The molecule has 8 heteroatoms. The quantitative estimate of drug-likeness (QED) is 0.579. The van der Waals surface area contributed by atoms with E-state index in [1.807, 2.05) is 0 Å². The van der Waals surface area contributed by atoms with E-state index in [1.54, 1.807) is 0 Å². The minimum absolute atomic E-state index is 0.00133. The van der Waals surface area contributed by atoms with Crippen LogP contribution in [-0.4, -0.2) is 47.5 Å². The third kappa shape index (κ3) is 2.19. The number of urea groups is 1. The van der Waals surface area contributed by atoms with Gasteiger partial charge in [-0.2, -0.15) is 0 Å². The van der Waals surface area contributed by atoms with Crippen molar-refractivity contribution in [2.75, 3.05) is 22.9 Å². The fourth-order valence-electron chi connectivity index (χ4n) is 4.29. The zero-order valence-corrected chi connectivity index (χ0v) is 15.1. The Morgan fingerprint density at radius 1 is 1.21 bits per heavy atom. The van der Waals surface area contributed by atoms with E-state index in [0.29, 0.717) is 25.8 Å². The number of anilines is 2. The summed E-state index contributed by atoms with van der Waals surface area (Å²) >= 11 is 0. The molecule has 4 aliphatic rings. The molecule has 0 aromatic heterocycles. The van der Waals surface area contributed by atoms with Crippen LogP contribution in [0.4, 0.5) is 20.6 Å². The molecule has 5 rings (SSSR count). The Hall–Kier alpha value is -3.08. The molecule has 0 bridgehead atoms. The highest BCUT2D eigenvalue weighted by Gasteiger charge is 2.58. The van der Waals surface area contributed by atoms with Gasteiger partial charge in [0.2, 0.25) is 0 Å². The van der Waals surface area contributed by atoms with E-state index < -0.39 is 29.4 Å². The lowest BCUT2D eigenvalue weighted by molar-refractivity contribution is -0.128. The van der Waals surface area contributed by atoms with Crippen LogP contribution in [-0.2, 0) is 9.59 Å². The molecule has 0 radical (unpaired) electrons. The molecule has 3 heterocycles. The number of carbonyl (C=O) groups excluding carboxylic acids is 3. The molecule has 1 aliphatic carbocycles. The number of amides is 4. The Bertz CT molecular complexity index is 941. The maximum Gasteiger partial charge on any atom is 0.332 e. The van der Waals surface area contributed by atoms with Gasteiger partial charge in [0.15, 0.2) is 11.4 Å². The zero-order valence-electron chi connectivity index (χ0n) is 15.1. The van der Waals surface area contributed by atoms with Crippen LogP contribution in [0, 0.1) is 18.2 Å². The molecule has 0 N–H and O–H groups in total. The van der Waals surface area contributed by atoms with Crippen molar-refractivity contribution >= 4 is 29.2 Å². The van der Waals surface area contributed by atoms with Crippen molar-refractivity contribution in [1.29, 1.82) is 0 Å². The summed E-state index contributed by atoms with van der Waals surface area (Å²) in [6.45, 7) is 0.476. The van der Waals surface area contributed by atoms with Gasteiger partial charge in [-0.05, 0) is 25.3 Å². The average Bonchev–Trinajstić information content (AvgIpc) is 3.41. The van der Waals surface area contributed by atoms with Crippen molar-refractivity contribution in [3.8, 4) is 18.1 Å². The van der Waals surface area contributed by atoms with Crippen molar-refractivity contribution in [3.05, 3.63) is 17.9 Å². The van der Waals surface area contributed by atoms with Crippen molar-refractivity contribution in [2.45, 2.75) is 43.7 Å². The van der Waals surface area contributed by atoms with Gasteiger partial charge in [-0.3, -0.25) is 14.5 Å². The van der Waals surface area contributed by atoms with E-state index in [0.717, 1.165) is 23.8 Å². The normalized spacial score (nSPS) is 24.8. The summed E-state index contributed by atoms with van der Waals surface area (Å²) in [5.74, 6) is 1.18. The van der Waals surface area contributed by atoms with Crippen molar-refractivity contribution < 1.29 is 23.5 Å². The van der Waals surface area contributed by atoms with E-state index >= 15 is 0 Å². The lowest BCUT2D eigenvalue weighted by Gasteiger charge is -2.34. The van der Waals surface area contributed by atoms with Crippen molar-refractivity contribution in [1.82, 2.24) is 4.90 Å². The van der Waals surface area contributed by atoms with Gasteiger partial charge in [-0.1, -0.05) is 5.92 Å². The topological polar surface area (TPSA) is 70.2 Å². The minimum Gasteiger partial charge on any atom is -0.475 e. The first-order valence-electron chi connectivity index (χ1n) is 9.39. The molecule has 4 amide bonds. The number of carbonyl (C=O) groups is 3. The third-order valence-electron chi connectivity index (χ3n) is 5.90. The van der Waals surface area contributed by atoms with Gasteiger partial charge < -0.3 is 9.64 Å². The molecule has 1 saturated carbocycles. The Balaban J connectivity index is 1.59. The monoisotopic (exact) mass is 383 g/mol. The van der Waals surface area contributed by atoms with Crippen LogP contribution in [0.5, 0.6) is 5.75 Å². The predicted octanol–water partition coefficient (Wildman–Crippen LogP) is 2.04. The van der Waals surface area contributed by atoms with E-state index in [9.17, 15) is 18.8 Å². The summed E-state index contributed by atoms with van der Waals surface area (Å²) in [7, 11) is 0. The van der Waals surface area contributed by atoms with Gasteiger partial charge in [0.25, 0.3) is 11.8 Å². The van der Waals surface area contributed by atoms with Crippen LogP contribution >= 0.6 is 0 Å². The molecule has 2 saturated heterocycles. The highest BCUT2D eigenvalue weighted by atomic mass is 19.1. The summed E-state index contributed by atoms with van der Waals surface area (Å²) in [5.41, 5.74) is -0.853. The van der Waals surface area contributed by atoms with Gasteiger partial charge in [-0.25, -0.2) is 14.1 Å². The maximum atomic E-state index is 14.9. The Morgan fingerprint density at radius 2 is 2.00 bits per heavy atom. The van der Waals surface area contributed by atoms with Crippen molar-refractivity contribution in [3.63, 3.8) is 0 Å². The Kier molecular flexibility index (Phi) is 3.48. The second-order valence-electron chi connectivity index (χ2n) is 7.62. The van der Waals surface area contributed by atoms with E-state index in [2.05, 4.69) is 5.92 Å². The van der Waals surface area contributed by atoms with E-state index in [4.69, 9.17) is 11.2 Å². The molecule has 1 spiro atoms. The SMILES string of the molecule is C#CCN1C(=O)C2(CC2)Oc2cc(F)c(N3C(=O)C4CCCCN4C3=O)cc21. The summed E-state index contributed by atoms with van der Waals surface area (Å²) in [6.07, 6.45) is 8.75. The van der Waals surface area contributed by atoms with Crippen LogP contribution in [0.25, 0.3) is 0 Å². The number of ether oxygens (including phenoxy) is 1. The molecule has 7 nitrogen and oxygen atoms in total. The lowest BCUT2D eigenvalue weighted by Crippen LogP contribution is -2.48. The molecule has 1 atom stereocenters. The smallest absolute Gasteiger partial charge is 0.332 e. The van der Waals surface area contributed by atoms with Gasteiger partial charge in [0.05, 0.1) is 17.9 Å². The third-order valence-corrected chi connectivity index (χ3v) is 5.90. The van der Waals surface area contributed by atoms with Crippen molar-refractivity contribution in [2.24, 2.45) is 0 Å². The van der Waals surface area contributed by atoms with Gasteiger partial charge >= 0.3 is 6.03 Å². The summed E-state index contributed by atoms with van der Waals surface area (Å²) < 4.78 is 20.7. The highest BCUT2D eigenvalue weighted by Crippen LogP contribution is 2.50. The molecular weight excluding hydrogens is 365 g/mol. The van der Waals surface area contributed by atoms with Gasteiger partial charge in [0, 0.05) is 25.5 Å². The van der Waals surface area contributed by atoms with Gasteiger partial charge in [0.1, 0.15) is 11.8 Å². The van der Waals surface area contributed by atoms with Crippen LogP contribution in [0.3, 0.4) is 0 Å². The molecule has 1 unspecified atom stereocenters. The second kappa shape index (κ2) is 5.71. The second-order valence-corrected chi connectivity index (χ2v) is 7.62. The number of piperidine rings is 1. The standard InChI is InChI=1S/C20H18FN3O4/c1-2-8-22-15-11-14(12(21)10-16(15)28-20(6-7-20)18(22)26)24-17(25)13-5-3-4-9-23(13)19(24)27/h1,10-11,13H,3-9H2. The molecule has 28 heavy (non-hydrogen) atoms.